The third-order valence-electron chi connectivity index (χ3n) is 2.45. The number of hydrogen-bond acceptors (Lipinski definition) is 5. The van der Waals surface area contributed by atoms with Crippen LogP contribution in [0.2, 0.25) is 5.02 Å². The first-order valence-corrected chi connectivity index (χ1v) is 5.62. The lowest BCUT2D eigenvalue weighted by molar-refractivity contribution is -0.385. The van der Waals surface area contributed by atoms with Crippen LogP contribution in [0.3, 0.4) is 0 Å². The van der Waals surface area contributed by atoms with Gasteiger partial charge in [-0.15, -0.1) is 0 Å². The van der Waals surface area contributed by atoms with Gasteiger partial charge in [-0.1, -0.05) is 17.7 Å². The van der Waals surface area contributed by atoms with Crippen molar-refractivity contribution >= 4 is 28.8 Å². The lowest BCUT2D eigenvalue weighted by Gasteiger charge is -2.06. The maximum Gasteiger partial charge on any atom is 0.376 e. The first-order valence-electron chi connectivity index (χ1n) is 5.24. The largest absolute Gasteiger partial charge is 0.376 e. The Morgan fingerprint density at radius 1 is 1.47 bits per heavy atom. The van der Waals surface area contributed by atoms with Crippen LogP contribution in [-0.4, -0.2) is 14.9 Å². The molecule has 7 nitrogen and oxygen atoms in total. The van der Waals surface area contributed by atoms with Crippen LogP contribution in [0.4, 0.5) is 17.2 Å². The minimum absolute atomic E-state index is 0.131. The number of aryl methyl sites for hydroxylation is 1. The van der Waals surface area contributed by atoms with E-state index >= 15 is 0 Å². The average Bonchev–Trinajstić information content (AvgIpc) is 2.33. The van der Waals surface area contributed by atoms with E-state index in [0.29, 0.717) is 10.7 Å². The maximum atomic E-state index is 11.4. The van der Waals surface area contributed by atoms with Crippen LogP contribution in [0.15, 0.2) is 29.3 Å². The Hall–Kier alpha value is -2.41. The van der Waals surface area contributed by atoms with Gasteiger partial charge < -0.3 is 10.3 Å². The summed E-state index contributed by atoms with van der Waals surface area (Å²) in [6.07, 6.45) is 1.09. The maximum absolute atomic E-state index is 11.4. The zero-order chi connectivity index (χ0) is 14.0. The standard InChI is InChI=1S/C11H9ClN4O3/c1-6-2-3-7(4-8(6)12)15-10-9(16(18)19)11(17)14-5-13-10/h2-5H,1H3,(H2,13,14,15,17). The van der Waals surface area contributed by atoms with E-state index in [9.17, 15) is 14.9 Å². The minimum atomic E-state index is -0.819. The first kappa shape index (κ1) is 13.0. The second kappa shape index (κ2) is 5.07. The quantitative estimate of drug-likeness (QED) is 0.664. The SMILES string of the molecule is Cc1ccc(Nc2nc[nH]c(=O)c2[N+](=O)[O-])cc1Cl. The molecule has 0 fully saturated rings. The van der Waals surface area contributed by atoms with Gasteiger partial charge in [0.25, 0.3) is 0 Å². The molecule has 0 saturated heterocycles. The van der Waals surface area contributed by atoms with Crippen LogP contribution in [0.5, 0.6) is 0 Å². The molecule has 98 valence electrons. The zero-order valence-electron chi connectivity index (χ0n) is 9.81. The number of halogens is 1. The number of nitro groups is 1. The highest BCUT2D eigenvalue weighted by Crippen LogP contribution is 2.25. The fourth-order valence-electron chi connectivity index (χ4n) is 1.46. The number of benzene rings is 1. The molecule has 0 aliphatic carbocycles. The smallest absolute Gasteiger partial charge is 0.334 e. The molecule has 1 heterocycles. The molecule has 0 aliphatic rings. The minimum Gasteiger partial charge on any atom is -0.334 e. The zero-order valence-corrected chi connectivity index (χ0v) is 10.6. The van der Waals surface area contributed by atoms with Crippen molar-refractivity contribution in [1.82, 2.24) is 9.97 Å². The molecule has 0 amide bonds. The number of H-pyrrole nitrogens is 1. The number of rotatable bonds is 3. The fourth-order valence-corrected chi connectivity index (χ4v) is 1.64. The Labute approximate surface area is 112 Å². The molecule has 2 rings (SSSR count). The van der Waals surface area contributed by atoms with E-state index in [0.717, 1.165) is 11.9 Å². The Kier molecular flexibility index (Phi) is 3.48. The Morgan fingerprint density at radius 2 is 2.21 bits per heavy atom. The third kappa shape index (κ3) is 2.71. The first-order chi connectivity index (χ1) is 8.99. The fraction of sp³-hybridized carbons (Fsp3) is 0.0909. The van der Waals surface area contributed by atoms with Crippen molar-refractivity contribution in [1.29, 1.82) is 0 Å². The molecule has 0 atom stereocenters. The number of aromatic amines is 1. The molecule has 0 radical (unpaired) electrons. The Morgan fingerprint density at radius 3 is 2.84 bits per heavy atom. The van der Waals surface area contributed by atoms with Crippen LogP contribution in [0.25, 0.3) is 0 Å². The van der Waals surface area contributed by atoms with Gasteiger partial charge in [0.2, 0.25) is 5.82 Å². The normalized spacial score (nSPS) is 10.2. The van der Waals surface area contributed by atoms with E-state index in [2.05, 4.69) is 15.3 Å². The van der Waals surface area contributed by atoms with Gasteiger partial charge in [0, 0.05) is 10.7 Å². The number of hydrogen-bond donors (Lipinski definition) is 2. The van der Waals surface area contributed by atoms with Crippen molar-refractivity contribution in [3.05, 3.63) is 55.6 Å². The molecule has 8 heteroatoms. The molecule has 0 aliphatic heterocycles. The Balaban J connectivity index is 2.43. The van der Waals surface area contributed by atoms with Crippen molar-refractivity contribution < 1.29 is 4.92 Å². The van der Waals surface area contributed by atoms with Gasteiger partial charge in [0.05, 0.1) is 11.3 Å². The van der Waals surface area contributed by atoms with Crippen molar-refractivity contribution in [3.63, 3.8) is 0 Å². The molecule has 1 aromatic heterocycles. The van der Waals surface area contributed by atoms with Gasteiger partial charge in [0.15, 0.2) is 0 Å². The molecule has 2 N–H and O–H groups in total. The number of nitrogens with zero attached hydrogens (tertiary/aromatic N) is 2. The van der Waals surface area contributed by atoms with E-state index in [-0.39, 0.29) is 5.82 Å². The van der Waals surface area contributed by atoms with Gasteiger partial charge >= 0.3 is 11.2 Å². The van der Waals surface area contributed by atoms with Gasteiger partial charge in [0.1, 0.15) is 0 Å². The van der Waals surface area contributed by atoms with Gasteiger partial charge in [-0.05, 0) is 24.6 Å². The van der Waals surface area contributed by atoms with Gasteiger partial charge in [-0.3, -0.25) is 14.9 Å². The molecule has 0 bridgehead atoms. The summed E-state index contributed by atoms with van der Waals surface area (Å²) in [5.74, 6) is -0.131. The van der Waals surface area contributed by atoms with Crippen LogP contribution >= 0.6 is 11.6 Å². The van der Waals surface area contributed by atoms with Gasteiger partial charge in [-0.2, -0.15) is 0 Å². The van der Waals surface area contributed by atoms with Crippen LogP contribution in [0, 0.1) is 17.0 Å². The monoisotopic (exact) mass is 280 g/mol. The van der Waals surface area contributed by atoms with E-state index in [1.54, 1.807) is 18.2 Å². The molecule has 0 spiro atoms. The molecular formula is C11H9ClN4O3. The predicted octanol–water partition coefficient (Wildman–Crippen LogP) is 2.38. The average molecular weight is 281 g/mol. The summed E-state index contributed by atoms with van der Waals surface area (Å²) in [6, 6.07) is 5.04. The van der Waals surface area contributed by atoms with Gasteiger partial charge in [-0.25, -0.2) is 4.98 Å². The highest BCUT2D eigenvalue weighted by molar-refractivity contribution is 6.31. The molecule has 2 aromatic rings. The van der Waals surface area contributed by atoms with Crippen molar-refractivity contribution in [2.45, 2.75) is 6.92 Å². The van der Waals surface area contributed by atoms with E-state index in [1.807, 2.05) is 6.92 Å². The van der Waals surface area contributed by atoms with E-state index < -0.39 is 16.2 Å². The highest BCUT2D eigenvalue weighted by Gasteiger charge is 2.20. The second-order valence-electron chi connectivity index (χ2n) is 3.77. The molecule has 1 aromatic carbocycles. The topological polar surface area (TPSA) is 101 Å². The van der Waals surface area contributed by atoms with Crippen LogP contribution in [0.1, 0.15) is 5.56 Å². The van der Waals surface area contributed by atoms with Crippen LogP contribution < -0.4 is 10.9 Å². The van der Waals surface area contributed by atoms with Crippen molar-refractivity contribution in [2.75, 3.05) is 5.32 Å². The molecule has 0 saturated carbocycles. The molecular weight excluding hydrogens is 272 g/mol. The second-order valence-corrected chi connectivity index (χ2v) is 4.18. The lowest BCUT2D eigenvalue weighted by Crippen LogP contribution is -2.14. The number of aromatic nitrogens is 2. The van der Waals surface area contributed by atoms with Crippen LogP contribution in [-0.2, 0) is 0 Å². The van der Waals surface area contributed by atoms with Crippen molar-refractivity contribution in [3.8, 4) is 0 Å². The lowest BCUT2D eigenvalue weighted by atomic mass is 10.2. The summed E-state index contributed by atoms with van der Waals surface area (Å²) in [7, 11) is 0. The molecule has 0 unspecified atom stereocenters. The summed E-state index contributed by atoms with van der Waals surface area (Å²) in [5, 5.41) is 14.1. The van der Waals surface area contributed by atoms with E-state index in [1.165, 1.54) is 0 Å². The van der Waals surface area contributed by atoms with E-state index in [4.69, 9.17) is 11.6 Å². The number of anilines is 2. The summed E-state index contributed by atoms with van der Waals surface area (Å²) < 4.78 is 0. The summed E-state index contributed by atoms with van der Waals surface area (Å²) in [5.41, 5.74) is -0.0720. The summed E-state index contributed by atoms with van der Waals surface area (Å²) in [6.45, 7) is 1.83. The number of nitrogens with one attached hydrogen (secondary N) is 2. The Bertz CT molecular complexity index is 699. The van der Waals surface area contributed by atoms with Crippen molar-refractivity contribution in [2.24, 2.45) is 0 Å². The summed E-state index contributed by atoms with van der Waals surface area (Å²) >= 11 is 5.95. The highest BCUT2D eigenvalue weighted by atomic mass is 35.5. The third-order valence-corrected chi connectivity index (χ3v) is 2.85. The predicted molar refractivity (Wildman–Crippen MR) is 71.0 cm³/mol. The summed E-state index contributed by atoms with van der Waals surface area (Å²) in [4.78, 5) is 27.3. The molecule has 19 heavy (non-hydrogen) atoms.